The highest BCUT2D eigenvalue weighted by Gasteiger charge is 2.17. The molecule has 7 heterocycles. The van der Waals surface area contributed by atoms with Crippen molar-refractivity contribution in [3.05, 3.63) is 184 Å². The van der Waals surface area contributed by atoms with Crippen LogP contribution in [0.4, 0.5) is 16.2 Å². The molecule has 0 unspecified atom stereocenters. The van der Waals surface area contributed by atoms with E-state index in [4.69, 9.17) is 4.74 Å². The Bertz CT molecular complexity index is 3470. The van der Waals surface area contributed by atoms with Gasteiger partial charge in [-0.15, -0.1) is 11.3 Å². The van der Waals surface area contributed by atoms with E-state index >= 15 is 0 Å². The van der Waals surface area contributed by atoms with Crippen LogP contribution < -0.4 is 20.7 Å². The summed E-state index contributed by atoms with van der Waals surface area (Å²) in [5.41, 5.74) is 14.4. The number of nitrogens with zero attached hydrogens (tertiary/aromatic N) is 4. The highest BCUT2D eigenvalue weighted by molar-refractivity contribution is 7.17. The van der Waals surface area contributed by atoms with Crippen LogP contribution in [0.2, 0.25) is 0 Å². The predicted molar refractivity (Wildman–Crippen MR) is 392 cm³/mol. The largest absolute Gasteiger partial charge is 0.482 e. The average Bonchev–Trinajstić information content (AvgIpc) is 3.74. The van der Waals surface area contributed by atoms with E-state index in [9.17, 15) is 9.59 Å². The maximum absolute atomic E-state index is 11.1. The van der Waals surface area contributed by atoms with Crippen LogP contribution in [0.5, 0.6) is 5.75 Å². The van der Waals surface area contributed by atoms with Gasteiger partial charge in [-0.05, 0) is 214 Å². The van der Waals surface area contributed by atoms with E-state index in [2.05, 4.69) is 222 Å². The summed E-state index contributed by atoms with van der Waals surface area (Å²) < 4.78 is 14.2. The van der Waals surface area contributed by atoms with Crippen molar-refractivity contribution in [2.75, 3.05) is 17.2 Å². The van der Waals surface area contributed by atoms with Crippen LogP contribution in [0.25, 0.3) is 36.7 Å². The number of carbonyl (C=O) groups excluding carboxylic acids is 2. The highest BCUT2D eigenvalue weighted by atomic mass is 32.1. The number of hydrogen-bond donors (Lipinski definition) is 4. The van der Waals surface area contributed by atoms with Crippen molar-refractivity contribution >= 4 is 82.9 Å². The third-order valence-electron chi connectivity index (χ3n) is 13.6. The number of nitrogens with one attached hydrogen (secondary N) is 4. The topological polar surface area (TPSA) is 138 Å². The molecule has 4 N–H and O–H groups in total. The van der Waals surface area contributed by atoms with Crippen molar-refractivity contribution in [2.45, 2.75) is 180 Å². The van der Waals surface area contributed by atoms with E-state index in [0.29, 0.717) is 24.3 Å². The second-order valence-electron chi connectivity index (χ2n) is 24.4. The first kappa shape index (κ1) is 79.7. The number of H-pyrrole nitrogens is 1. The van der Waals surface area contributed by atoms with Crippen LogP contribution >= 0.6 is 22.9 Å². The number of benzene rings is 5. The lowest BCUT2D eigenvalue weighted by Gasteiger charge is -2.19. The number of carbonyl (C=O) groups is 2. The molecule has 13 heteroatoms. The standard InChI is InChI=1S/C12H16N2O.C12H15NO2.C12H15NS.C12H15N.C12H14S.C10H13N3.6CH4/c1-8(2)5-9-3-4-10-7-13-12(15)14-11(10)6-9;1-8(2)5-9-3-4-10-11(6-9)15-7-12(14)13-10;1-8(2)6-10-4-5-12-11(7-10)9(3)13-14-12;2*1-9(2)7-10-3-4-12-11(8-10)5-6-13-12;1-8(2)5-9-3-4-10-11-7-12-13(10)6-9;;;;;;/h3-4,6,8H,5,7H2,1-2H3,(H2,13,14,15);3-4,6,8H,5,7H2,1-2H3,(H,13,14);4-5,7-8H,6H2,1-3H3;3-6,8-9,13H,7H2,1-2H3;3-6,8-9H,7H2,1-2H3;3-4,6-8H,5H2,1-2H3;6*1H4. The van der Waals surface area contributed by atoms with Gasteiger partial charge in [-0.1, -0.05) is 176 Å². The minimum absolute atomic E-state index is 0. The fourth-order valence-corrected chi connectivity index (χ4v) is 11.6. The lowest BCUT2D eigenvalue weighted by Crippen LogP contribution is -2.33. The van der Waals surface area contributed by atoms with E-state index < -0.39 is 0 Å². The number of rotatable bonds is 12. The van der Waals surface area contributed by atoms with Gasteiger partial charge in [0, 0.05) is 40.2 Å². The van der Waals surface area contributed by atoms with Gasteiger partial charge in [0.15, 0.2) is 12.3 Å². The van der Waals surface area contributed by atoms with Crippen molar-refractivity contribution in [2.24, 2.45) is 35.5 Å². The molecule has 0 saturated carbocycles. The summed E-state index contributed by atoms with van der Waals surface area (Å²) in [6, 6.07) is 40.7. The van der Waals surface area contributed by atoms with Crippen LogP contribution in [-0.2, 0) is 49.9 Å². The first-order valence-electron chi connectivity index (χ1n) is 29.6. The SMILES string of the molecule is C.C.C.C.C.C.CC(C)Cc1ccc2[nH]ccc2c1.CC(C)Cc1ccc2c(c1)NC(=O)NC2.CC(C)Cc1ccc2c(c1)OCC(=O)N2.CC(C)Cc1ccc2ncnn2c1.CC(C)Cc1ccc2sccc2c1.Cc1nsc2ccc(CC(C)C)cc12. The third-order valence-corrected chi connectivity index (χ3v) is 15.4. The number of fused-ring (bicyclic) bond motifs is 6. The number of amides is 3. The molecule has 12 rings (SSSR count). The van der Waals surface area contributed by atoms with Crippen molar-refractivity contribution in [3.63, 3.8) is 0 Å². The van der Waals surface area contributed by atoms with Gasteiger partial charge in [-0.2, -0.15) is 9.47 Å². The Labute approximate surface area is 545 Å². The molecule has 89 heavy (non-hydrogen) atoms. The van der Waals surface area contributed by atoms with Crippen LogP contribution in [0.15, 0.2) is 139 Å². The summed E-state index contributed by atoms with van der Waals surface area (Å²) in [6.45, 7) is 29.5. The zero-order chi connectivity index (χ0) is 59.6. The Morgan fingerprint density at radius 1 is 0.539 bits per heavy atom. The Hall–Kier alpha value is -7.35. The number of urea groups is 1. The van der Waals surface area contributed by atoms with Gasteiger partial charge < -0.3 is 25.7 Å². The molecule has 0 fully saturated rings. The lowest BCUT2D eigenvalue weighted by molar-refractivity contribution is -0.118. The molecule has 11 nitrogen and oxygen atoms in total. The highest BCUT2D eigenvalue weighted by Crippen LogP contribution is 2.30. The number of aromatic nitrogens is 5. The monoisotopic (exact) mass is 1250 g/mol. The zero-order valence-electron chi connectivity index (χ0n) is 51.2. The minimum atomic E-state index is -0.107. The Morgan fingerprint density at radius 2 is 1.07 bits per heavy atom. The van der Waals surface area contributed by atoms with E-state index in [-0.39, 0.29) is 63.1 Å². The molecule has 3 amide bonds. The van der Waals surface area contributed by atoms with Gasteiger partial charge in [0.25, 0.3) is 5.91 Å². The molecule has 0 atom stereocenters. The molecule has 0 bridgehead atoms. The van der Waals surface area contributed by atoms with Crippen molar-refractivity contribution < 1.29 is 14.3 Å². The fourth-order valence-electron chi connectivity index (χ4n) is 10.0. The molecule has 0 aliphatic carbocycles. The zero-order valence-corrected chi connectivity index (χ0v) is 52.9. The number of aryl methyl sites for hydroxylation is 1. The van der Waals surface area contributed by atoms with Gasteiger partial charge in [-0.3, -0.25) is 4.79 Å². The molecule has 0 radical (unpaired) electrons. The molecular formula is C76H112N8O3S2. The number of pyridine rings is 1. The van der Waals surface area contributed by atoms with Crippen LogP contribution in [0.3, 0.4) is 0 Å². The molecule has 5 aromatic carbocycles. The summed E-state index contributed by atoms with van der Waals surface area (Å²) in [6.07, 6.45) is 12.3. The third kappa shape index (κ3) is 25.6. The Kier molecular flexibility index (Phi) is 34.8. The van der Waals surface area contributed by atoms with E-state index in [1.54, 1.807) is 17.9 Å². The van der Waals surface area contributed by atoms with Gasteiger partial charge in [0.1, 0.15) is 12.1 Å². The fraction of sp³-hybridized carbons (Fsp3) is 0.434. The maximum Gasteiger partial charge on any atom is 0.319 e. The van der Waals surface area contributed by atoms with Crippen molar-refractivity contribution in [1.82, 2.24) is 29.3 Å². The Balaban J connectivity index is 0.000000527. The average molecular weight is 1250 g/mol. The first-order valence-corrected chi connectivity index (χ1v) is 31.3. The summed E-state index contributed by atoms with van der Waals surface area (Å²) in [4.78, 5) is 29.5. The number of thiophene rings is 1. The number of anilines is 2. The van der Waals surface area contributed by atoms with Crippen molar-refractivity contribution in [1.29, 1.82) is 0 Å². The smallest absolute Gasteiger partial charge is 0.319 e. The summed E-state index contributed by atoms with van der Waals surface area (Å²) in [5, 5.41) is 18.6. The summed E-state index contributed by atoms with van der Waals surface area (Å²) in [7, 11) is 0. The molecule has 0 saturated heterocycles. The van der Waals surface area contributed by atoms with Crippen LogP contribution in [0.1, 0.15) is 172 Å². The quantitative estimate of drug-likeness (QED) is 0.0961. The molecule has 10 aromatic rings. The van der Waals surface area contributed by atoms with Crippen LogP contribution in [-0.4, -0.2) is 42.5 Å². The summed E-state index contributed by atoms with van der Waals surface area (Å²) >= 11 is 3.41. The van der Waals surface area contributed by atoms with Gasteiger partial charge in [0.2, 0.25) is 0 Å². The summed E-state index contributed by atoms with van der Waals surface area (Å²) in [5.74, 6) is 4.85. The van der Waals surface area contributed by atoms with E-state index in [0.717, 1.165) is 77.5 Å². The molecule has 0 spiro atoms. The number of hydrogen-bond acceptors (Lipinski definition) is 8. The van der Waals surface area contributed by atoms with E-state index in [1.807, 2.05) is 52.5 Å². The second-order valence-corrected chi connectivity index (χ2v) is 26.2. The van der Waals surface area contributed by atoms with Gasteiger partial charge >= 0.3 is 6.03 Å². The predicted octanol–water partition coefficient (Wildman–Crippen LogP) is 21.8. The number of aromatic amines is 1. The minimum Gasteiger partial charge on any atom is -0.482 e. The van der Waals surface area contributed by atoms with Crippen LogP contribution in [0, 0.1) is 42.4 Å². The van der Waals surface area contributed by atoms with Gasteiger partial charge in [0.05, 0.1) is 16.1 Å². The van der Waals surface area contributed by atoms with Crippen molar-refractivity contribution in [3.8, 4) is 5.75 Å². The normalized spacial score (nSPS) is 11.6. The lowest BCUT2D eigenvalue weighted by atomic mass is 10.00. The molecule has 2 aliphatic heterocycles. The molecular weight excluding hydrogens is 1140 g/mol. The first-order chi connectivity index (χ1) is 39.7. The van der Waals surface area contributed by atoms with E-state index in [1.165, 1.54) is 77.3 Å². The second kappa shape index (κ2) is 38.9. The van der Waals surface area contributed by atoms with Gasteiger partial charge in [-0.25, -0.2) is 14.3 Å². The molecule has 2 aliphatic rings. The molecule has 486 valence electrons. The Morgan fingerprint density at radius 3 is 1.70 bits per heavy atom. The molecule has 5 aromatic heterocycles. The maximum atomic E-state index is 11.1. The number of ether oxygens (including phenoxy) is 1.